The zero-order valence-corrected chi connectivity index (χ0v) is 9.75. The first-order valence-electron chi connectivity index (χ1n) is 4.27. The van der Waals surface area contributed by atoms with Gasteiger partial charge in [-0.1, -0.05) is 6.07 Å². The summed E-state index contributed by atoms with van der Waals surface area (Å²) in [5, 5.41) is 5.62. The average molecular weight is 259 g/mol. The number of nitrogens with zero attached hydrogens (tertiary/aromatic N) is 3. The molecule has 6 nitrogen and oxygen atoms in total. The lowest BCUT2D eigenvalue weighted by molar-refractivity contribution is 0.602. The van der Waals surface area contributed by atoms with Crippen molar-refractivity contribution < 1.29 is 8.42 Å². The predicted octanol–water partition coefficient (Wildman–Crippen LogP) is 1.10. The molecule has 2 rings (SSSR count). The van der Waals surface area contributed by atoms with E-state index in [4.69, 9.17) is 10.7 Å². The summed E-state index contributed by atoms with van der Waals surface area (Å²) >= 11 is 0. The number of aromatic nitrogens is 4. The largest absolute Gasteiger partial charge is 0.296 e. The Hall–Kier alpha value is -1.47. The van der Waals surface area contributed by atoms with E-state index in [1.807, 2.05) is 13.0 Å². The van der Waals surface area contributed by atoms with E-state index in [1.165, 1.54) is 0 Å². The molecule has 1 N–H and O–H groups in total. The van der Waals surface area contributed by atoms with E-state index in [9.17, 15) is 8.42 Å². The Bertz CT molecular complexity index is 622. The molecule has 0 aliphatic heterocycles. The summed E-state index contributed by atoms with van der Waals surface area (Å²) in [5.41, 5.74) is 1.37. The number of aromatic amines is 1. The summed E-state index contributed by atoms with van der Waals surface area (Å²) in [5.74, 6) is 0.206. The third kappa shape index (κ3) is 2.05. The van der Waals surface area contributed by atoms with Crippen molar-refractivity contribution in [2.75, 3.05) is 0 Å². The van der Waals surface area contributed by atoms with Crippen LogP contribution in [-0.4, -0.2) is 28.6 Å². The zero-order chi connectivity index (χ0) is 11.8. The lowest BCUT2D eigenvalue weighted by Gasteiger charge is -1.97. The minimum Gasteiger partial charge on any atom is -0.253 e. The first kappa shape index (κ1) is 11.0. The fraction of sp³-hybridized carbons (Fsp3) is 0.125. The van der Waals surface area contributed by atoms with Crippen LogP contribution < -0.4 is 0 Å². The van der Waals surface area contributed by atoms with Crippen LogP contribution in [0.15, 0.2) is 23.5 Å². The van der Waals surface area contributed by atoms with Crippen molar-refractivity contribution in [1.29, 1.82) is 0 Å². The van der Waals surface area contributed by atoms with Gasteiger partial charge in [0.2, 0.25) is 5.82 Å². The molecule has 0 aliphatic carbocycles. The first-order chi connectivity index (χ1) is 7.48. The number of aryl methyl sites for hydroxylation is 1. The van der Waals surface area contributed by atoms with Gasteiger partial charge in [0.05, 0.1) is 0 Å². The summed E-state index contributed by atoms with van der Waals surface area (Å²) in [7, 11) is 1.23. The molecule has 2 aromatic rings. The number of hydrogen-bond donors (Lipinski definition) is 1. The smallest absolute Gasteiger partial charge is 0.253 e. The molecule has 0 spiro atoms. The van der Waals surface area contributed by atoms with E-state index >= 15 is 0 Å². The van der Waals surface area contributed by atoms with Crippen molar-refractivity contribution >= 4 is 19.7 Å². The van der Waals surface area contributed by atoms with Gasteiger partial charge in [-0.05, 0) is 18.6 Å². The van der Waals surface area contributed by atoms with Gasteiger partial charge < -0.3 is 0 Å². The van der Waals surface area contributed by atoms with E-state index in [0.29, 0.717) is 5.69 Å². The van der Waals surface area contributed by atoms with Crippen LogP contribution in [0, 0.1) is 6.92 Å². The molecule has 0 unspecified atom stereocenters. The zero-order valence-electron chi connectivity index (χ0n) is 8.18. The van der Waals surface area contributed by atoms with Gasteiger partial charge in [-0.15, -0.1) is 0 Å². The average Bonchev–Trinajstić information content (AvgIpc) is 2.66. The Morgan fingerprint density at radius 3 is 2.75 bits per heavy atom. The van der Waals surface area contributed by atoms with Crippen molar-refractivity contribution in [3.05, 3.63) is 23.9 Å². The number of nitrogens with one attached hydrogen (secondary N) is 1. The number of H-pyrrole nitrogens is 1. The van der Waals surface area contributed by atoms with Crippen molar-refractivity contribution in [1.82, 2.24) is 20.2 Å². The molecular formula is C8H7ClN4O2S. The van der Waals surface area contributed by atoms with Gasteiger partial charge in [-0.2, -0.15) is 10.1 Å². The maximum atomic E-state index is 11.0. The summed E-state index contributed by atoms with van der Waals surface area (Å²) in [4.78, 5) is 7.82. The number of halogens is 1. The summed E-state index contributed by atoms with van der Waals surface area (Å²) < 4.78 is 21.9. The molecule has 0 atom stereocenters. The highest BCUT2D eigenvalue weighted by Gasteiger charge is 2.17. The summed E-state index contributed by atoms with van der Waals surface area (Å²) in [6.45, 7) is 1.83. The minimum absolute atomic E-state index is 0.206. The lowest BCUT2D eigenvalue weighted by Crippen LogP contribution is -1.93. The van der Waals surface area contributed by atoms with Crippen molar-refractivity contribution in [3.8, 4) is 11.5 Å². The SMILES string of the molecule is Cc1cccnc1-c1n[nH]c(S(=O)(=O)Cl)n1. The molecule has 16 heavy (non-hydrogen) atoms. The van der Waals surface area contributed by atoms with E-state index in [1.54, 1.807) is 12.3 Å². The van der Waals surface area contributed by atoms with Crippen molar-refractivity contribution in [2.24, 2.45) is 0 Å². The second kappa shape index (κ2) is 3.84. The van der Waals surface area contributed by atoms with Gasteiger partial charge in [-0.3, -0.25) is 4.98 Å². The highest BCUT2D eigenvalue weighted by atomic mass is 35.7. The number of pyridine rings is 1. The van der Waals surface area contributed by atoms with Gasteiger partial charge in [0.1, 0.15) is 5.69 Å². The van der Waals surface area contributed by atoms with Crippen LogP contribution in [0.4, 0.5) is 0 Å². The van der Waals surface area contributed by atoms with Gasteiger partial charge in [0.25, 0.3) is 14.2 Å². The van der Waals surface area contributed by atoms with Crippen LogP contribution in [0.2, 0.25) is 0 Å². The van der Waals surface area contributed by atoms with Crippen LogP contribution in [0.5, 0.6) is 0 Å². The second-order valence-electron chi connectivity index (χ2n) is 3.07. The topological polar surface area (TPSA) is 88.6 Å². The van der Waals surface area contributed by atoms with E-state index in [2.05, 4.69) is 20.2 Å². The standard InChI is InChI=1S/C8H7ClN4O2S/c1-5-3-2-4-10-6(5)7-11-8(13-12-7)16(9,14)15/h2-4H,1H3,(H,11,12,13). The van der Waals surface area contributed by atoms with Crippen LogP contribution in [0.1, 0.15) is 5.56 Å². The third-order valence-electron chi connectivity index (χ3n) is 1.92. The molecule has 0 fully saturated rings. The van der Waals surface area contributed by atoms with Gasteiger partial charge in [0.15, 0.2) is 0 Å². The molecule has 0 aliphatic rings. The molecule has 0 saturated heterocycles. The molecule has 8 heteroatoms. The normalized spacial score (nSPS) is 11.6. The van der Waals surface area contributed by atoms with Crippen LogP contribution >= 0.6 is 10.7 Å². The summed E-state index contributed by atoms with van der Waals surface area (Å²) in [6.07, 6.45) is 1.58. The molecule has 0 saturated carbocycles. The third-order valence-corrected chi connectivity index (χ3v) is 3.00. The van der Waals surface area contributed by atoms with Crippen LogP contribution in [0.25, 0.3) is 11.5 Å². The number of hydrogen-bond acceptors (Lipinski definition) is 5. The fourth-order valence-electron chi connectivity index (χ4n) is 1.18. The van der Waals surface area contributed by atoms with E-state index in [-0.39, 0.29) is 11.0 Å². The highest BCUT2D eigenvalue weighted by molar-refractivity contribution is 8.13. The first-order valence-corrected chi connectivity index (χ1v) is 6.58. The molecule has 0 amide bonds. The number of rotatable bonds is 2. The Morgan fingerprint density at radius 2 is 2.19 bits per heavy atom. The Kier molecular flexibility index (Phi) is 2.64. The van der Waals surface area contributed by atoms with E-state index in [0.717, 1.165) is 5.56 Å². The summed E-state index contributed by atoms with van der Waals surface area (Å²) in [6, 6.07) is 3.60. The maximum Gasteiger partial charge on any atom is 0.296 e. The van der Waals surface area contributed by atoms with Gasteiger partial charge in [-0.25, -0.2) is 13.5 Å². The van der Waals surface area contributed by atoms with Crippen LogP contribution in [0.3, 0.4) is 0 Å². The van der Waals surface area contributed by atoms with Gasteiger partial charge in [0, 0.05) is 16.9 Å². The quantitative estimate of drug-likeness (QED) is 0.815. The van der Waals surface area contributed by atoms with Gasteiger partial charge >= 0.3 is 0 Å². The van der Waals surface area contributed by atoms with Crippen molar-refractivity contribution in [3.63, 3.8) is 0 Å². The molecule has 0 bridgehead atoms. The fourth-order valence-corrected chi connectivity index (χ4v) is 1.74. The lowest BCUT2D eigenvalue weighted by atomic mass is 10.2. The highest BCUT2D eigenvalue weighted by Crippen LogP contribution is 2.18. The second-order valence-corrected chi connectivity index (χ2v) is 5.55. The molecule has 2 aromatic heterocycles. The Balaban J connectivity index is 2.52. The molecule has 2 heterocycles. The molecule has 84 valence electrons. The molecule has 0 aromatic carbocycles. The maximum absolute atomic E-state index is 11.0. The van der Waals surface area contributed by atoms with Crippen LogP contribution in [-0.2, 0) is 9.05 Å². The Labute approximate surface area is 96.1 Å². The van der Waals surface area contributed by atoms with Crippen molar-refractivity contribution in [2.45, 2.75) is 12.1 Å². The molecule has 0 radical (unpaired) electrons. The van der Waals surface area contributed by atoms with E-state index < -0.39 is 9.05 Å². The minimum atomic E-state index is -3.89. The predicted molar refractivity (Wildman–Crippen MR) is 57.4 cm³/mol. The molecular weight excluding hydrogens is 252 g/mol. The monoisotopic (exact) mass is 258 g/mol. The Morgan fingerprint density at radius 1 is 1.44 bits per heavy atom.